The molecule has 0 radical (unpaired) electrons. The van der Waals surface area contributed by atoms with E-state index in [-0.39, 0.29) is 37.1 Å². The predicted molar refractivity (Wildman–Crippen MR) is 298 cm³/mol. The van der Waals surface area contributed by atoms with E-state index >= 15 is 0 Å². The number of rotatable bonds is 0. The minimum Gasteiger partial charge on any atom is -0.358 e. The third-order valence-corrected chi connectivity index (χ3v) is 15.1. The maximum atomic E-state index is 4.42. The van der Waals surface area contributed by atoms with Crippen LogP contribution in [0.15, 0.2) is 41.2 Å². The molecule has 71 heavy (non-hydrogen) atoms. The molecule has 2 saturated heterocycles. The Morgan fingerprint density at radius 3 is 1.82 bits per heavy atom. The first-order chi connectivity index (χ1) is 32.0. The van der Waals surface area contributed by atoms with Crippen molar-refractivity contribution < 1.29 is 0 Å². The molecule has 5 aromatic rings. The van der Waals surface area contributed by atoms with Crippen molar-refractivity contribution >= 4 is 11.7 Å². The van der Waals surface area contributed by atoms with Crippen molar-refractivity contribution in [3.05, 3.63) is 88.3 Å². The van der Waals surface area contributed by atoms with E-state index in [0.29, 0.717) is 0 Å². The Labute approximate surface area is 431 Å². The first kappa shape index (κ1) is 60.3. The molecule has 0 spiro atoms. The molecular weight excluding hydrogens is 883 g/mol. The summed E-state index contributed by atoms with van der Waals surface area (Å²) in [5.41, 5.74) is 11.0. The lowest BCUT2D eigenvalue weighted by atomic mass is 10.1. The van der Waals surface area contributed by atoms with Gasteiger partial charge in [-0.15, -0.1) is 0 Å². The highest BCUT2D eigenvalue weighted by atomic mass is 15.3. The Balaban J connectivity index is 0.000000217. The second kappa shape index (κ2) is 28.3. The van der Waals surface area contributed by atoms with E-state index in [9.17, 15) is 0 Å². The molecule has 5 aromatic heterocycles. The van der Waals surface area contributed by atoms with Gasteiger partial charge >= 0.3 is 0 Å². The molecule has 9 aliphatic rings. The van der Waals surface area contributed by atoms with E-state index in [2.05, 4.69) is 117 Å². The van der Waals surface area contributed by atoms with E-state index in [1.807, 2.05) is 43.0 Å². The Hall–Kier alpha value is -5.05. The minimum atomic E-state index is 0. The van der Waals surface area contributed by atoms with Crippen LogP contribution in [0.5, 0.6) is 0 Å². The Morgan fingerprint density at radius 2 is 1.14 bits per heavy atom. The first-order valence-electron chi connectivity index (χ1n) is 25.3. The van der Waals surface area contributed by atoms with Crippen LogP contribution >= 0.6 is 0 Å². The van der Waals surface area contributed by atoms with Gasteiger partial charge in [0.25, 0.3) is 0 Å². The van der Waals surface area contributed by atoms with Gasteiger partial charge in [0.1, 0.15) is 11.6 Å². The van der Waals surface area contributed by atoms with Crippen LogP contribution in [-0.2, 0) is 85.7 Å². The number of fused-ring (bicyclic) bond motifs is 7. The summed E-state index contributed by atoms with van der Waals surface area (Å²) >= 11 is 0. The molecule has 0 aromatic carbocycles. The summed E-state index contributed by atoms with van der Waals surface area (Å²) < 4.78 is 10.8. The van der Waals surface area contributed by atoms with Gasteiger partial charge in [-0.1, -0.05) is 37.1 Å². The zero-order valence-electron chi connectivity index (χ0n) is 41.7. The highest BCUT2D eigenvalue weighted by Gasteiger charge is 2.29. The smallest absolute Gasteiger partial charge is 0.108 e. The molecule has 398 valence electrons. The number of aryl methyl sites for hydroxylation is 9. The van der Waals surface area contributed by atoms with Crippen LogP contribution in [0.2, 0.25) is 0 Å². The van der Waals surface area contributed by atoms with Crippen molar-refractivity contribution in [3.8, 4) is 0 Å². The molecule has 14 rings (SSSR count). The summed E-state index contributed by atoms with van der Waals surface area (Å²) in [6.07, 6.45) is 30.2. The molecule has 2 fully saturated rings. The maximum absolute atomic E-state index is 4.42. The van der Waals surface area contributed by atoms with Crippen molar-refractivity contribution in [1.29, 1.82) is 0 Å². The zero-order chi connectivity index (χ0) is 46.2. The van der Waals surface area contributed by atoms with Crippen LogP contribution in [0.25, 0.3) is 0 Å². The second-order valence-corrected chi connectivity index (χ2v) is 19.6. The van der Waals surface area contributed by atoms with Crippen molar-refractivity contribution in [2.24, 2.45) is 31.1 Å². The number of likely N-dealkylation sites (N-methyl/N-ethyl adjacent to an activating group) is 1. The summed E-state index contributed by atoms with van der Waals surface area (Å²) in [4.78, 5) is 33.0. The molecule has 2 aliphatic carbocycles. The summed E-state index contributed by atoms with van der Waals surface area (Å²) in [6, 6.07) is 1.63. The van der Waals surface area contributed by atoms with Gasteiger partial charge in [0.2, 0.25) is 0 Å². The van der Waals surface area contributed by atoms with E-state index in [4.69, 9.17) is 0 Å². The molecular formula is C56H99N15. The van der Waals surface area contributed by atoms with Gasteiger partial charge in [-0.25, -0.2) is 19.9 Å². The molecule has 0 saturated carbocycles. The fourth-order valence-electron chi connectivity index (χ4n) is 11.2. The fraction of sp³-hybridized carbons (Fsp3) is 0.696. The topological polar surface area (TPSA) is 124 Å². The Morgan fingerprint density at radius 1 is 0.507 bits per heavy atom. The number of nitrogens with zero attached hydrogens (tertiary/aromatic N) is 15. The summed E-state index contributed by atoms with van der Waals surface area (Å²) in [7, 11) is 8.29. The Kier molecular flexibility index (Phi) is 24.0. The van der Waals surface area contributed by atoms with Crippen LogP contribution in [-0.4, -0.2) is 126 Å². The monoisotopic (exact) mass is 982 g/mol. The van der Waals surface area contributed by atoms with Crippen LogP contribution in [0.1, 0.15) is 166 Å². The average Bonchev–Trinajstić information content (AvgIpc) is 4.13. The standard InChI is InChI=1S/C8H13N3.C8H14N2.2C7H10N2.C7H12N2.2C7H10N2.5CH4/c1-10-4-3-8-7(5-10)9-6-11(8)2;1-7-9-5-4-8-3-2-6-10(7)8;1-9-5-8-6-3-2-4-7(6)9;1-9-7-4-2-3-6(7)5-8-9;2*1-6-8-5-7-3-2-4-9(6)7;1-6-5-8-7-3-2-4-9(6)7;;;;;/h6H,3-5H2,1-2H3;8H,2-6H2,1H3;2*5H,2-4H2,1H3;7H,2-5H2,1H3;2*5H,2-4H2,1H3;5*1H4. The van der Waals surface area contributed by atoms with Gasteiger partial charge in [-0.3, -0.25) is 14.7 Å². The molecule has 15 nitrogen and oxygen atoms in total. The van der Waals surface area contributed by atoms with Crippen LogP contribution in [0.4, 0.5) is 0 Å². The molecule has 2 atom stereocenters. The number of imidazole rings is 4. The fourth-order valence-corrected chi connectivity index (χ4v) is 11.2. The van der Waals surface area contributed by atoms with Crippen molar-refractivity contribution in [1.82, 2.24) is 62.7 Å². The molecule has 15 heteroatoms. The van der Waals surface area contributed by atoms with E-state index in [1.165, 1.54) is 191 Å². The number of hydrogen-bond donors (Lipinski definition) is 0. The maximum Gasteiger partial charge on any atom is 0.108 e. The van der Waals surface area contributed by atoms with Crippen LogP contribution < -0.4 is 0 Å². The van der Waals surface area contributed by atoms with Crippen molar-refractivity contribution in [3.63, 3.8) is 0 Å². The number of aromatic nitrogens is 10. The summed E-state index contributed by atoms with van der Waals surface area (Å²) in [5, 5.41) is 4.15. The van der Waals surface area contributed by atoms with Gasteiger partial charge in [-0.05, 0) is 130 Å². The lowest BCUT2D eigenvalue weighted by Gasteiger charge is -2.29. The third-order valence-electron chi connectivity index (χ3n) is 15.1. The van der Waals surface area contributed by atoms with Gasteiger partial charge in [0, 0.05) is 133 Å². The second-order valence-electron chi connectivity index (χ2n) is 19.6. The van der Waals surface area contributed by atoms with Gasteiger partial charge in [0.05, 0.1) is 48.5 Å². The first-order valence-corrected chi connectivity index (χ1v) is 25.3. The highest BCUT2D eigenvalue weighted by Crippen LogP contribution is 2.25. The lowest BCUT2D eigenvalue weighted by Crippen LogP contribution is -2.37. The third kappa shape index (κ3) is 14.8. The van der Waals surface area contributed by atoms with Gasteiger partial charge in [0.15, 0.2) is 0 Å². The molecule has 0 bridgehead atoms. The van der Waals surface area contributed by atoms with Crippen LogP contribution in [0, 0.1) is 13.8 Å². The quantitative estimate of drug-likeness (QED) is 0.150. The van der Waals surface area contributed by atoms with Gasteiger partial charge in [-0.2, -0.15) is 5.10 Å². The van der Waals surface area contributed by atoms with Crippen molar-refractivity contribution in [2.45, 2.75) is 199 Å². The average molecular weight is 983 g/mol. The van der Waals surface area contributed by atoms with E-state index in [1.54, 1.807) is 0 Å². The molecule has 0 N–H and O–H groups in total. The predicted octanol–water partition coefficient (Wildman–Crippen LogP) is 9.84. The summed E-state index contributed by atoms with van der Waals surface area (Å²) in [6.45, 7) is 17.6. The molecule has 12 heterocycles. The van der Waals surface area contributed by atoms with E-state index < -0.39 is 0 Å². The lowest BCUT2D eigenvalue weighted by molar-refractivity contribution is 0.305. The largest absolute Gasteiger partial charge is 0.358 e. The summed E-state index contributed by atoms with van der Waals surface area (Å²) in [5.74, 6) is 4.97. The number of aliphatic imine (C=N–C) groups is 2. The normalized spacial score (nSPS) is 19.7. The van der Waals surface area contributed by atoms with Crippen molar-refractivity contribution in [2.75, 3.05) is 39.8 Å². The zero-order valence-corrected chi connectivity index (χ0v) is 41.7. The SMILES string of the molecule is C.C.C.C.C.CC1=NCC2CCCN12.CC1=NCCC2CCCN12.CN1CCc2c(ncn2C)C1.Cc1cnc2n1CCC2.Cc1ncc2n1CCC2.Cn1cnc2c1CCC2.Cn1ncc2c1CCC2. The molecule has 2 unspecified atom stereocenters. The molecule has 0 amide bonds. The number of hydrogen-bond acceptors (Lipinski definition) is 10. The highest BCUT2D eigenvalue weighted by molar-refractivity contribution is 5.82. The van der Waals surface area contributed by atoms with Crippen LogP contribution in [0.3, 0.4) is 0 Å². The van der Waals surface area contributed by atoms with E-state index in [0.717, 1.165) is 44.7 Å². The minimum absolute atomic E-state index is 0. The van der Waals surface area contributed by atoms with Gasteiger partial charge < -0.3 is 33.0 Å². The number of amidine groups is 2. The Bertz CT molecular complexity index is 2200. The molecule has 7 aliphatic heterocycles.